The number of alkyl carbamates (subject to hydrolysis) is 1. The highest BCUT2D eigenvalue weighted by Crippen LogP contribution is 2.17. The first kappa shape index (κ1) is 23.4. The van der Waals surface area contributed by atoms with Gasteiger partial charge in [-0.05, 0) is 11.5 Å². The Kier molecular flexibility index (Phi) is 7.93. The number of rotatable bonds is 6. The second-order valence-corrected chi connectivity index (χ2v) is 8.98. The number of amides is 3. The molecule has 0 saturated heterocycles. The van der Waals surface area contributed by atoms with Crippen LogP contribution in [0.3, 0.4) is 0 Å². The van der Waals surface area contributed by atoms with Crippen LogP contribution in [-0.2, 0) is 38.6 Å². The molecule has 3 amide bonds. The topological polar surface area (TPSA) is 126 Å². The summed E-state index contributed by atoms with van der Waals surface area (Å²) in [6.45, 7) is 3.90. The molecule has 0 spiro atoms. The molecule has 1 aromatic carbocycles. The number of nitrogens with zero attached hydrogens (tertiary/aromatic N) is 1. The molecule has 3 rings (SSSR count). The van der Waals surface area contributed by atoms with Crippen molar-refractivity contribution < 1.29 is 23.9 Å². The predicted octanol–water partition coefficient (Wildman–Crippen LogP) is 1.36. The molecule has 170 valence electrons. The molecular formula is C22H26N4O5S. The van der Waals surface area contributed by atoms with Crippen LogP contribution in [0.2, 0.25) is 0 Å². The molecule has 2 atom stereocenters. The molecule has 2 heterocycles. The van der Waals surface area contributed by atoms with E-state index in [-0.39, 0.29) is 18.9 Å². The maximum absolute atomic E-state index is 12.9. The van der Waals surface area contributed by atoms with Gasteiger partial charge in [-0.3, -0.25) is 14.4 Å². The zero-order valence-electron chi connectivity index (χ0n) is 17.9. The Hall–Kier alpha value is -3.27. The Morgan fingerprint density at radius 1 is 1.25 bits per heavy atom. The largest absolute Gasteiger partial charge is 0.445 e. The van der Waals surface area contributed by atoms with E-state index in [9.17, 15) is 19.2 Å². The number of carbonyl (C=O) groups is 4. The SMILES string of the molecule is CC(C)C(NC(=O)OCc1ccccc1)C(=O)NC1Cc2ncc(s2)CCNC(=O)C1=O. The first-order valence-corrected chi connectivity index (χ1v) is 11.2. The van der Waals surface area contributed by atoms with Gasteiger partial charge >= 0.3 is 6.09 Å². The van der Waals surface area contributed by atoms with Crippen molar-refractivity contribution in [3.63, 3.8) is 0 Å². The smallest absolute Gasteiger partial charge is 0.408 e. The van der Waals surface area contributed by atoms with Crippen molar-refractivity contribution in [3.8, 4) is 0 Å². The monoisotopic (exact) mass is 458 g/mol. The minimum absolute atomic E-state index is 0.0623. The number of ether oxygens (including phenoxy) is 1. The lowest BCUT2D eigenvalue weighted by atomic mass is 10.0. The first-order chi connectivity index (χ1) is 15.3. The summed E-state index contributed by atoms with van der Waals surface area (Å²) >= 11 is 1.44. The van der Waals surface area contributed by atoms with E-state index in [1.807, 2.05) is 30.3 Å². The van der Waals surface area contributed by atoms with Crippen LogP contribution >= 0.6 is 11.3 Å². The van der Waals surface area contributed by atoms with Gasteiger partial charge in [-0.2, -0.15) is 0 Å². The Balaban J connectivity index is 1.65. The second-order valence-electron chi connectivity index (χ2n) is 7.78. The number of nitrogens with one attached hydrogen (secondary N) is 3. The lowest BCUT2D eigenvalue weighted by Gasteiger charge is -2.24. The van der Waals surface area contributed by atoms with Crippen LogP contribution in [0.25, 0.3) is 0 Å². The summed E-state index contributed by atoms with van der Waals surface area (Å²) in [6.07, 6.45) is 1.66. The Morgan fingerprint density at radius 2 is 2.00 bits per heavy atom. The van der Waals surface area contributed by atoms with E-state index in [0.717, 1.165) is 10.4 Å². The van der Waals surface area contributed by atoms with Crippen LogP contribution in [0.1, 0.15) is 29.3 Å². The van der Waals surface area contributed by atoms with Crippen molar-refractivity contribution in [1.82, 2.24) is 20.9 Å². The maximum atomic E-state index is 12.9. The molecule has 1 aromatic heterocycles. The summed E-state index contributed by atoms with van der Waals surface area (Å²) in [7, 11) is 0. The number of Topliss-reactive ketones (excluding diaryl/α,β-unsaturated/α-hetero) is 1. The molecule has 3 N–H and O–H groups in total. The van der Waals surface area contributed by atoms with Crippen molar-refractivity contribution in [2.45, 2.75) is 45.4 Å². The quantitative estimate of drug-likeness (QED) is 0.561. The molecular weight excluding hydrogens is 432 g/mol. The van der Waals surface area contributed by atoms with Crippen LogP contribution in [0.5, 0.6) is 0 Å². The normalized spacial score (nSPS) is 17.3. The third-order valence-corrected chi connectivity index (χ3v) is 6.01. The highest BCUT2D eigenvalue weighted by molar-refractivity contribution is 7.11. The van der Waals surface area contributed by atoms with Crippen LogP contribution in [0.4, 0.5) is 4.79 Å². The van der Waals surface area contributed by atoms with Crippen LogP contribution in [-0.4, -0.2) is 47.3 Å². The van der Waals surface area contributed by atoms with E-state index in [4.69, 9.17) is 4.74 Å². The molecule has 9 nitrogen and oxygen atoms in total. The fourth-order valence-electron chi connectivity index (χ4n) is 3.17. The standard InChI is InChI=1S/C22H26N4O5S/c1-13(2)18(26-22(30)31-12-14-6-4-3-5-7-14)20(28)25-16-10-17-24-11-15(32-17)8-9-23-21(29)19(16)27/h3-7,11,13,16,18H,8-10,12H2,1-2H3,(H,23,29)(H,25,28)(H,26,30). The van der Waals surface area contributed by atoms with E-state index >= 15 is 0 Å². The molecule has 2 bridgehead atoms. The average molecular weight is 459 g/mol. The molecule has 32 heavy (non-hydrogen) atoms. The van der Waals surface area contributed by atoms with E-state index < -0.39 is 35.8 Å². The third kappa shape index (κ3) is 6.36. The van der Waals surface area contributed by atoms with Gasteiger partial charge in [0, 0.05) is 30.5 Å². The van der Waals surface area contributed by atoms with Crippen molar-refractivity contribution in [1.29, 1.82) is 0 Å². The van der Waals surface area contributed by atoms with Crippen molar-refractivity contribution >= 4 is 35.0 Å². The minimum atomic E-state index is -1.08. The zero-order chi connectivity index (χ0) is 23.1. The van der Waals surface area contributed by atoms with Gasteiger partial charge in [0.1, 0.15) is 18.7 Å². The van der Waals surface area contributed by atoms with Gasteiger partial charge in [0.25, 0.3) is 5.91 Å². The van der Waals surface area contributed by atoms with Gasteiger partial charge in [0.15, 0.2) is 0 Å². The molecule has 0 aliphatic carbocycles. The molecule has 2 unspecified atom stereocenters. The van der Waals surface area contributed by atoms with Gasteiger partial charge in [0.05, 0.1) is 5.01 Å². The molecule has 1 aliphatic rings. The van der Waals surface area contributed by atoms with E-state index in [1.54, 1.807) is 20.0 Å². The number of hydrogen-bond acceptors (Lipinski definition) is 7. The van der Waals surface area contributed by atoms with E-state index in [2.05, 4.69) is 20.9 Å². The number of hydrogen-bond donors (Lipinski definition) is 3. The molecule has 0 radical (unpaired) electrons. The summed E-state index contributed by atoms with van der Waals surface area (Å²) in [4.78, 5) is 55.3. The highest BCUT2D eigenvalue weighted by Gasteiger charge is 2.33. The predicted molar refractivity (Wildman–Crippen MR) is 118 cm³/mol. The van der Waals surface area contributed by atoms with Crippen LogP contribution in [0.15, 0.2) is 36.5 Å². The number of thiazole rings is 1. The first-order valence-electron chi connectivity index (χ1n) is 10.4. The van der Waals surface area contributed by atoms with Crippen molar-refractivity contribution in [2.75, 3.05) is 6.54 Å². The molecule has 2 aromatic rings. The second kappa shape index (κ2) is 10.9. The van der Waals surface area contributed by atoms with E-state index in [1.165, 1.54) is 11.3 Å². The Labute approximate surface area is 189 Å². The Bertz CT molecular complexity index is 976. The summed E-state index contributed by atoms with van der Waals surface area (Å²) in [5.41, 5.74) is 0.814. The third-order valence-electron chi connectivity index (χ3n) is 4.93. The lowest BCUT2D eigenvalue weighted by molar-refractivity contribution is -0.140. The fourth-order valence-corrected chi connectivity index (χ4v) is 4.14. The lowest BCUT2D eigenvalue weighted by Crippen LogP contribution is -2.56. The maximum Gasteiger partial charge on any atom is 0.408 e. The Morgan fingerprint density at radius 3 is 2.72 bits per heavy atom. The van der Waals surface area contributed by atoms with E-state index in [0.29, 0.717) is 18.0 Å². The fraction of sp³-hybridized carbons (Fsp3) is 0.409. The summed E-state index contributed by atoms with van der Waals surface area (Å²) in [5.74, 6) is -2.35. The van der Waals surface area contributed by atoms with Crippen LogP contribution in [0, 0.1) is 5.92 Å². The van der Waals surface area contributed by atoms with Gasteiger partial charge in [-0.25, -0.2) is 9.78 Å². The average Bonchev–Trinajstić information content (AvgIpc) is 3.21. The molecule has 1 aliphatic heterocycles. The highest BCUT2D eigenvalue weighted by atomic mass is 32.1. The number of ketones is 1. The number of benzene rings is 1. The number of carbonyl (C=O) groups excluding carboxylic acids is 4. The number of fused-ring (bicyclic) bond motifs is 2. The molecule has 0 saturated carbocycles. The van der Waals surface area contributed by atoms with Gasteiger partial charge in [-0.1, -0.05) is 44.2 Å². The number of aromatic nitrogens is 1. The van der Waals surface area contributed by atoms with Gasteiger partial charge in [-0.15, -0.1) is 11.3 Å². The van der Waals surface area contributed by atoms with Crippen molar-refractivity contribution in [2.24, 2.45) is 5.92 Å². The molecule has 0 fully saturated rings. The summed E-state index contributed by atoms with van der Waals surface area (Å²) < 4.78 is 5.20. The zero-order valence-corrected chi connectivity index (χ0v) is 18.7. The molecule has 10 heteroatoms. The minimum Gasteiger partial charge on any atom is -0.445 e. The summed E-state index contributed by atoms with van der Waals surface area (Å²) in [6, 6.07) is 7.13. The van der Waals surface area contributed by atoms with Crippen molar-refractivity contribution in [3.05, 3.63) is 52.0 Å². The summed E-state index contributed by atoms with van der Waals surface area (Å²) in [5, 5.41) is 8.40. The van der Waals surface area contributed by atoms with Gasteiger partial charge in [0.2, 0.25) is 11.7 Å². The van der Waals surface area contributed by atoms with Gasteiger partial charge < -0.3 is 20.7 Å². The van der Waals surface area contributed by atoms with Crippen LogP contribution < -0.4 is 16.0 Å².